The van der Waals surface area contributed by atoms with Crippen molar-refractivity contribution in [3.05, 3.63) is 46.9 Å². The van der Waals surface area contributed by atoms with Crippen molar-refractivity contribution in [3.8, 4) is 11.4 Å². The fourth-order valence-electron chi connectivity index (χ4n) is 3.70. The average Bonchev–Trinajstić information content (AvgIpc) is 3.17. The summed E-state index contributed by atoms with van der Waals surface area (Å²) in [6.45, 7) is 6.58. The molecule has 1 amide bonds. The molecule has 1 aromatic carbocycles. The SMILES string of the molecule is Cc1cccc(-c2nnc3n2CC(C(=O)Nc2c(C)c(C)nn2C)CC3)c1. The summed E-state index contributed by atoms with van der Waals surface area (Å²) in [5.41, 5.74) is 4.15. The first-order valence-electron chi connectivity index (χ1n) is 9.24. The van der Waals surface area contributed by atoms with Gasteiger partial charge in [0.1, 0.15) is 11.6 Å². The normalized spacial score (nSPS) is 16.2. The topological polar surface area (TPSA) is 77.6 Å². The molecule has 0 bridgehead atoms. The lowest BCUT2D eigenvalue weighted by Crippen LogP contribution is -2.32. The lowest BCUT2D eigenvalue weighted by molar-refractivity contribution is -0.120. The van der Waals surface area contributed by atoms with Gasteiger partial charge in [-0.2, -0.15) is 5.10 Å². The van der Waals surface area contributed by atoms with Crippen LogP contribution < -0.4 is 5.32 Å². The fraction of sp³-hybridized carbons (Fsp3) is 0.400. The predicted octanol–water partition coefficient (Wildman–Crippen LogP) is 2.80. The minimum absolute atomic E-state index is 0.0237. The number of aromatic nitrogens is 5. The minimum atomic E-state index is -0.119. The molecule has 140 valence electrons. The van der Waals surface area contributed by atoms with E-state index >= 15 is 0 Å². The van der Waals surface area contributed by atoms with Crippen molar-refractivity contribution in [2.45, 2.75) is 40.2 Å². The Morgan fingerprint density at radius 3 is 2.74 bits per heavy atom. The second-order valence-corrected chi connectivity index (χ2v) is 7.33. The van der Waals surface area contributed by atoms with Gasteiger partial charge >= 0.3 is 0 Å². The number of nitrogens with one attached hydrogen (secondary N) is 1. The minimum Gasteiger partial charge on any atom is -0.310 e. The highest BCUT2D eigenvalue weighted by Gasteiger charge is 2.29. The van der Waals surface area contributed by atoms with Gasteiger partial charge in [-0.15, -0.1) is 10.2 Å². The molecule has 4 rings (SSSR count). The number of rotatable bonds is 3. The van der Waals surface area contributed by atoms with Crippen molar-refractivity contribution in [1.29, 1.82) is 0 Å². The maximum atomic E-state index is 12.9. The Bertz CT molecular complexity index is 1020. The van der Waals surface area contributed by atoms with Crippen molar-refractivity contribution in [2.75, 3.05) is 5.32 Å². The molecular formula is C20H24N6O. The van der Waals surface area contributed by atoms with E-state index in [0.29, 0.717) is 6.54 Å². The van der Waals surface area contributed by atoms with Crippen LogP contribution in [0.2, 0.25) is 0 Å². The van der Waals surface area contributed by atoms with E-state index in [-0.39, 0.29) is 11.8 Å². The quantitative estimate of drug-likeness (QED) is 0.775. The number of amides is 1. The second kappa shape index (κ2) is 6.64. The van der Waals surface area contributed by atoms with Crippen molar-refractivity contribution in [2.24, 2.45) is 13.0 Å². The highest BCUT2D eigenvalue weighted by atomic mass is 16.2. The Morgan fingerprint density at radius 1 is 1.22 bits per heavy atom. The monoisotopic (exact) mass is 364 g/mol. The summed E-state index contributed by atoms with van der Waals surface area (Å²) in [5, 5.41) is 16.2. The van der Waals surface area contributed by atoms with Crippen molar-refractivity contribution >= 4 is 11.7 Å². The van der Waals surface area contributed by atoms with Gasteiger partial charge in [0.2, 0.25) is 5.91 Å². The van der Waals surface area contributed by atoms with Crippen molar-refractivity contribution in [1.82, 2.24) is 24.5 Å². The van der Waals surface area contributed by atoms with Gasteiger partial charge in [0, 0.05) is 31.1 Å². The van der Waals surface area contributed by atoms with Crippen LogP contribution in [-0.4, -0.2) is 30.5 Å². The second-order valence-electron chi connectivity index (χ2n) is 7.33. The molecule has 0 aliphatic carbocycles. The number of carbonyl (C=O) groups is 1. The zero-order chi connectivity index (χ0) is 19.1. The van der Waals surface area contributed by atoms with Crippen molar-refractivity contribution < 1.29 is 4.79 Å². The van der Waals surface area contributed by atoms with E-state index in [2.05, 4.69) is 44.2 Å². The van der Waals surface area contributed by atoms with Gasteiger partial charge in [0.25, 0.3) is 0 Å². The van der Waals surface area contributed by atoms with Crippen LogP contribution >= 0.6 is 0 Å². The van der Waals surface area contributed by atoms with Gasteiger partial charge in [0.05, 0.1) is 11.6 Å². The summed E-state index contributed by atoms with van der Waals surface area (Å²) < 4.78 is 3.82. The molecule has 7 heteroatoms. The fourth-order valence-corrected chi connectivity index (χ4v) is 3.70. The summed E-state index contributed by atoms with van der Waals surface area (Å²) >= 11 is 0. The molecular weight excluding hydrogens is 340 g/mol. The number of fused-ring (bicyclic) bond motifs is 1. The lowest BCUT2D eigenvalue weighted by Gasteiger charge is -2.24. The number of hydrogen-bond acceptors (Lipinski definition) is 4. The molecule has 0 saturated carbocycles. The Hall–Kier alpha value is -2.96. The predicted molar refractivity (Wildman–Crippen MR) is 103 cm³/mol. The highest BCUT2D eigenvalue weighted by Crippen LogP contribution is 2.27. The smallest absolute Gasteiger partial charge is 0.230 e. The van der Waals surface area contributed by atoms with Crippen LogP contribution in [-0.2, 0) is 24.8 Å². The maximum Gasteiger partial charge on any atom is 0.230 e. The average molecular weight is 364 g/mol. The zero-order valence-electron chi connectivity index (χ0n) is 16.2. The summed E-state index contributed by atoms with van der Waals surface area (Å²) in [6, 6.07) is 8.22. The Labute approximate surface area is 158 Å². The first-order chi connectivity index (χ1) is 12.9. The number of hydrogen-bond donors (Lipinski definition) is 1. The van der Waals surface area contributed by atoms with E-state index in [9.17, 15) is 4.79 Å². The largest absolute Gasteiger partial charge is 0.310 e. The molecule has 1 aliphatic heterocycles. The number of aryl methyl sites for hydroxylation is 4. The van der Waals surface area contributed by atoms with Crippen LogP contribution in [0.25, 0.3) is 11.4 Å². The lowest BCUT2D eigenvalue weighted by atomic mass is 9.98. The van der Waals surface area contributed by atoms with Crippen LogP contribution in [0.4, 0.5) is 5.82 Å². The number of benzene rings is 1. The van der Waals surface area contributed by atoms with Gasteiger partial charge in [-0.25, -0.2) is 0 Å². The van der Waals surface area contributed by atoms with Gasteiger partial charge in [-0.1, -0.05) is 23.8 Å². The Balaban J connectivity index is 1.58. The van der Waals surface area contributed by atoms with Gasteiger partial charge < -0.3 is 9.88 Å². The van der Waals surface area contributed by atoms with E-state index in [0.717, 1.165) is 47.1 Å². The van der Waals surface area contributed by atoms with Crippen LogP contribution in [0, 0.1) is 26.7 Å². The van der Waals surface area contributed by atoms with Crippen molar-refractivity contribution in [3.63, 3.8) is 0 Å². The van der Waals surface area contributed by atoms with Gasteiger partial charge in [-0.3, -0.25) is 9.48 Å². The molecule has 1 aliphatic rings. The molecule has 2 aromatic heterocycles. The molecule has 3 aromatic rings. The summed E-state index contributed by atoms with van der Waals surface area (Å²) in [7, 11) is 1.85. The molecule has 1 unspecified atom stereocenters. The van der Waals surface area contributed by atoms with Crippen LogP contribution in [0.3, 0.4) is 0 Å². The zero-order valence-corrected chi connectivity index (χ0v) is 16.2. The standard InChI is InChI=1S/C20H24N6O/c1-12-6-5-7-15(10-12)19-23-22-17-9-8-16(11-26(17)19)20(27)21-18-13(2)14(3)24-25(18)4/h5-7,10,16H,8-9,11H2,1-4H3,(H,21,27). The first-order valence-corrected chi connectivity index (χ1v) is 9.24. The first kappa shape index (κ1) is 17.5. The molecule has 0 spiro atoms. The van der Waals surface area contributed by atoms with E-state index < -0.39 is 0 Å². The van der Waals surface area contributed by atoms with E-state index in [1.54, 1.807) is 4.68 Å². The molecule has 0 fully saturated rings. The Morgan fingerprint density at radius 2 is 2.04 bits per heavy atom. The molecule has 3 heterocycles. The van der Waals surface area contributed by atoms with Crippen LogP contribution in [0.15, 0.2) is 24.3 Å². The Kier molecular flexibility index (Phi) is 4.30. The highest BCUT2D eigenvalue weighted by molar-refractivity contribution is 5.92. The third-order valence-electron chi connectivity index (χ3n) is 5.36. The van der Waals surface area contributed by atoms with E-state index in [4.69, 9.17) is 0 Å². The van der Waals surface area contributed by atoms with E-state index in [1.807, 2.05) is 33.0 Å². The number of nitrogens with zero attached hydrogens (tertiary/aromatic N) is 5. The molecule has 7 nitrogen and oxygen atoms in total. The van der Waals surface area contributed by atoms with Crippen LogP contribution in [0.1, 0.15) is 29.1 Å². The summed E-state index contributed by atoms with van der Waals surface area (Å²) in [6.07, 6.45) is 1.52. The third kappa shape index (κ3) is 3.13. The van der Waals surface area contributed by atoms with Gasteiger partial charge in [0.15, 0.2) is 5.82 Å². The molecule has 1 atom stereocenters. The molecule has 0 saturated heterocycles. The number of anilines is 1. The molecule has 0 radical (unpaired) electrons. The summed E-state index contributed by atoms with van der Waals surface area (Å²) in [5.74, 6) is 2.45. The van der Waals surface area contributed by atoms with E-state index in [1.165, 1.54) is 5.56 Å². The summed E-state index contributed by atoms with van der Waals surface area (Å²) in [4.78, 5) is 12.9. The third-order valence-corrected chi connectivity index (χ3v) is 5.36. The maximum absolute atomic E-state index is 12.9. The number of carbonyl (C=O) groups excluding carboxylic acids is 1. The molecule has 1 N–H and O–H groups in total. The van der Waals surface area contributed by atoms with Gasteiger partial charge in [-0.05, 0) is 33.3 Å². The molecule has 27 heavy (non-hydrogen) atoms. The van der Waals surface area contributed by atoms with Crippen LogP contribution in [0.5, 0.6) is 0 Å².